The molecule has 7 nitrogen and oxygen atoms in total. The van der Waals surface area contributed by atoms with E-state index in [1.807, 2.05) is 0 Å². The third kappa shape index (κ3) is 6.98. The van der Waals surface area contributed by atoms with Crippen LogP contribution < -0.4 is 8.92 Å². The van der Waals surface area contributed by atoms with E-state index < -0.39 is 38.5 Å². The Kier molecular flexibility index (Phi) is 8.77. The number of hydrogen-bond acceptors (Lipinski definition) is 6. The third-order valence-electron chi connectivity index (χ3n) is 5.21. The van der Waals surface area contributed by atoms with Gasteiger partial charge in [-0.25, -0.2) is 4.39 Å². The first-order valence-electron chi connectivity index (χ1n) is 10.8. The van der Waals surface area contributed by atoms with Crippen LogP contribution in [-0.4, -0.2) is 46.6 Å². The zero-order valence-corrected chi connectivity index (χ0v) is 20.6. The van der Waals surface area contributed by atoms with Crippen LogP contribution in [0.25, 0.3) is 0 Å². The minimum absolute atomic E-state index is 0.0110. The lowest BCUT2D eigenvalue weighted by atomic mass is 10.1. The van der Waals surface area contributed by atoms with Gasteiger partial charge in [0, 0.05) is 20.2 Å². The minimum Gasteiger partial charge on any atom is -0.493 e. The van der Waals surface area contributed by atoms with Crippen molar-refractivity contribution in [3.05, 3.63) is 89.2 Å². The highest BCUT2D eigenvalue weighted by Gasteiger charge is 2.32. The van der Waals surface area contributed by atoms with Gasteiger partial charge in [-0.3, -0.25) is 4.79 Å². The predicted molar refractivity (Wildman–Crippen MR) is 125 cm³/mol. The number of rotatable bonds is 10. The Balaban J connectivity index is 1.92. The van der Waals surface area contributed by atoms with Crippen LogP contribution in [0, 0.1) is 5.82 Å². The summed E-state index contributed by atoms with van der Waals surface area (Å²) in [6.07, 6.45) is -4.75. The average molecular weight is 542 g/mol. The molecule has 3 rings (SSSR count). The number of halogens is 4. The fourth-order valence-electron chi connectivity index (χ4n) is 3.36. The Morgan fingerprint density at radius 1 is 0.946 bits per heavy atom. The molecule has 0 saturated carbocycles. The molecule has 0 aliphatic heterocycles. The first kappa shape index (κ1) is 27.9. The summed E-state index contributed by atoms with van der Waals surface area (Å²) in [5, 5.41) is 0. The van der Waals surface area contributed by atoms with Crippen LogP contribution in [0.15, 0.2) is 71.6 Å². The first-order chi connectivity index (χ1) is 17.5. The van der Waals surface area contributed by atoms with Crippen LogP contribution in [0.2, 0.25) is 0 Å². The Labute approximate surface area is 211 Å². The van der Waals surface area contributed by atoms with Gasteiger partial charge in [0.15, 0.2) is 11.5 Å². The van der Waals surface area contributed by atoms with Crippen molar-refractivity contribution in [2.24, 2.45) is 0 Å². The number of amides is 1. The number of benzene rings is 3. The second-order valence-corrected chi connectivity index (χ2v) is 9.29. The molecule has 198 valence electrons. The van der Waals surface area contributed by atoms with E-state index in [0.717, 1.165) is 24.3 Å². The van der Waals surface area contributed by atoms with Crippen molar-refractivity contribution >= 4 is 16.0 Å². The summed E-state index contributed by atoms with van der Waals surface area (Å²) in [6.45, 7) is 0.151. The van der Waals surface area contributed by atoms with Gasteiger partial charge in [-0.05, 0) is 48.0 Å². The summed E-state index contributed by atoms with van der Waals surface area (Å²) in [5.74, 6) is -1.64. The number of ether oxygens (including phenoxy) is 2. The number of hydrogen-bond donors (Lipinski definition) is 0. The molecule has 37 heavy (non-hydrogen) atoms. The van der Waals surface area contributed by atoms with Crippen molar-refractivity contribution in [1.29, 1.82) is 0 Å². The number of nitrogens with zero attached hydrogens (tertiary/aromatic N) is 1. The van der Waals surface area contributed by atoms with Gasteiger partial charge in [-0.1, -0.05) is 24.3 Å². The average Bonchev–Trinajstić information content (AvgIpc) is 2.86. The molecule has 0 saturated heterocycles. The number of methoxy groups -OCH3 is 2. The van der Waals surface area contributed by atoms with Crippen molar-refractivity contribution in [1.82, 2.24) is 4.90 Å². The van der Waals surface area contributed by atoms with Gasteiger partial charge in [0.1, 0.15) is 10.7 Å². The molecule has 0 aliphatic rings. The molecule has 0 aliphatic carbocycles. The molecule has 0 fully saturated rings. The van der Waals surface area contributed by atoms with Crippen LogP contribution >= 0.6 is 0 Å². The van der Waals surface area contributed by atoms with E-state index in [4.69, 9.17) is 13.7 Å². The van der Waals surface area contributed by atoms with Gasteiger partial charge >= 0.3 is 16.3 Å². The topological polar surface area (TPSA) is 82.1 Å². The minimum atomic E-state index is -4.75. The highest BCUT2D eigenvalue weighted by atomic mass is 32.2. The first-order valence-corrected chi connectivity index (χ1v) is 12.2. The van der Waals surface area contributed by atoms with Crippen LogP contribution in [0.5, 0.6) is 11.5 Å². The maximum absolute atomic E-state index is 14.2. The summed E-state index contributed by atoms with van der Waals surface area (Å²) >= 11 is 0. The van der Waals surface area contributed by atoms with Crippen LogP contribution in [0.1, 0.15) is 21.5 Å². The van der Waals surface area contributed by atoms with Crippen LogP contribution in [-0.2, 0) is 27.6 Å². The SMILES string of the molecule is COCCN(Cc1ccc(OC)c(OS(=O)(=O)c2cccc(C(F)(F)F)c2)c1)C(=O)c1ccccc1F. The van der Waals surface area contributed by atoms with Crippen molar-refractivity contribution in [2.45, 2.75) is 17.6 Å². The van der Waals surface area contributed by atoms with Gasteiger partial charge in [0.2, 0.25) is 0 Å². The molecule has 0 heterocycles. The summed E-state index contributed by atoms with van der Waals surface area (Å²) in [5.41, 5.74) is -0.926. The number of alkyl halides is 3. The standard InChI is InChI=1S/C25H23F4NO6S/c1-34-13-12-30(24(31)20-8-3-4-9-21(20)26)16-17-10-11-22(35-2)23(14-17)36-37(32,33)19-7-5-6-18(15-19)25(27,28)29/h3-11,14-15H,12-13,16H2,1-2H3. The summed E-state index contributed by atoms with van der Waals surface area (Å²) in [4.78, 5) is 13.6. The van der Waals surface area contributed by atoms with E-state index >= 15 is 0 Å². The van der Waals surface area contributed by atoms with E-state index in [1.54, 1.807) is 0 Å². The van der Waals surface area contributed by atoms with E-state index in [1.165, 1.54) is 55.5 Å². The van der Waals surface area contributed by atoms with Gasteiger partial charge < -0.3 is 18.6 Å². The molecule has 3 aromatic carbocycles. The lowest BCUT2D eigenvalue weighted by molar-refractivity contribution is -0.137. The number of carbonyl (C=O) groups excluding carboxylic acids is 1. The van der Waals surface area contributed by atoms with Crippen LogP contribution in [0.4, 0.5) is 17.6 Å². The van der Waals surface area contributed by atoms with Crippen LogP contribution in [0.3, 0.4) is 0 Å². The molecule has 0 spiro atoms. The third-order valence-corrected chi connectivity index (χ3v) is 6.44. The fraction of sp³-hybridized carbons (Fsp3) is 0.240. The van der Waals surface area contributed by atoms with E-state index in [0.29, 0.717) is 11.6 Å². The second kappa shape index (κ2) is 11.6. The lowest BCUT2D eigenvalue weighted by Gasteiger charge is -2.23. The smallest absolute Gasteiger partial charge is 0.416 e. The Morgan fingerprint density at radius 2 is 1.68 bits per heavy atom. The second-order valence-electron chi connectivity index (χ2n) is 7.75. The summed E-state index contributed by atoms with van der Waals surface area (Å²) in [6, 6.07) is 12.8. The zero-order chi connectivity index (χ0) is 27.2. The normalized spacial score (nSPS) is 11.7. The van der Waals surface area contributed by atoms with E-state index in [2.05, 4.69) is 0 Å². The largest absolute Gasteiger partial charge is 0.493 e. The Hall–Kier alpha value is -3.64. The van der Waals surface area contributed by atoms with Gasteiger partial charge in [0.25, 0.3) is 5.91 Å². The molecule has 3 aromatic rings. The maximum Gasteiger partial charge on any atom is 0.416 e. The Morgan fingerprint density at radius 3 is 2.32 bits per heavy atom. The summed E-state index contributed by atoms with van der Waals surface area (Å²) < 4.78 is 94.3. The molecule has 0 aromatic heterocycles. The van der Waals surface area contributed by atoms with Crippen molar-refractivity contribution in [3.8, 4) is 11.5 Å². The predicted octanol–water partition coefficient (Wildman–Crippen LogP) is 4.91. The van der Waals surface area contributed by atoms with Gasteiger partial charge in [-0.2, -0.15) is 21.6 Å². The highest BCUT2D eigenvalue weighted by Crippen LogP contribution is 2.34. The molecule has 0 radical (unpaired) electrons. The molecule has 0 N–H and O–H groups in total. The molecule has 0 atom stereocenters. The number of carbonyl (C=O) groups is 1. The zero-order valence-electron chi connectivity index (χ0n) is 19.8. The van der Waals surface area contributed by atoms with Gasteiger partial charge in [-0.15, -0.1) is 0 Å². The van der Waals surface area contributed by atoms with E-state index in [-0.39, 0.29) is 36.8 Å². The molecule has 12 heteroatoms. The highest BCUT2D eigenvalue weighted by molar-refractivity contribution is 7.87. The Bertz CT molecular complexity index is 1360. The van der Waals surface area contributed by atoms with E-state index in [9.17, 15) is 30.8 Å². The quantitative estimate of drug-likeness (QED) is 0.268. The summed E-state index contributed by atoms with van der Waals surface area (Å²) in [7, 11) is -1.99. The lowest BCUT2D eigenvalue weighted by Crippen LogP contribution is -2.34. The van der Waals surface area contributed by atoms with Gasteiger partial charge in [0.05, 0.1) is 24.8 Å². The fourth-order valence-corrected chi connectivity index (χ4v) is 4.34. The monoisotopic (exact) mass is 541 g/mol. The molecule has 1 amide bonds. The molecular weight excluding hydrogens is 518 g/mol. The van der Waals surface area contributed by atoms with Crippen molar-refractivity contribution in [3.63, 3.8) is 0 Å². The maximum atomic E-state index is 14.2. The molecule has 0 bridgehead atoms. The van der Waals surface area contributed by atoms with Crippen molar-refractivity contribution in [2.75, 3.05) is 27.4 Å². The van der Waals surface area contributed by atoms with Crippen molar-refractivity contribution < 1.29 is 44.4 Å². The molecule has 0 unspecified atom stereocenters. The molecular formula is C25H23F4NO6S.